The molecule has 1 aromatic carbocycles. The molecule has 1 atom stereocenters. The van der Waals surface area contributed by atoms with Crippen molar-refractivity contribution in [1.29, 1.82) is 5.26 Å². The zero-order valence-electron chi connectivity index (χ0n) is 14.6. The van der Waals surface area contributed by atoms with Gasteiger partial charge in [0.25, 0.3) is 5.91 Å². The first-order valence-electron chi connectivity index (χ1n) is 7.72. The Hall–Kier alpha value is -2.68. The number of Topliss-reactive ketones (excluding diaryl/α,β-unsaturated/α-hetero) is 1. The first kappa shape index (κ1) is 19.4. The smallest absolute Gasteiger partial charge is 0.251 e. The van der Waals surface area contributed by atoms with E-state index in [2.05, 4.69) is 10.6 Å². The highest BCUT2D eigenvalue weighted by molar-refractivity contribution is 6.12. The van der Waals surface area contributed by atoms with E-state index in [4.69, 9.17) is 5.26 Å². The zero-order chi connectivity index (χ0) is 18.5. The third-order valence-corrected chi connectivity index (χ3v) is 3.00. The summed E-state index contributed by atoms with van der Waals surface area (Å²) in [6.07, 6.45) is 0. The number of nitriles is 1. The highest BCUT2D eigenvalue weighted by Gasteiger charge is 2.28. The van der Waals surface area contributed by atoms with E-state index in [0.29, 0.717) is 5.56 Å². The van der Waals surface area contributed by atoms with Crippen LogP contribution in [0, 0.1) is 17.2 Å². The lowest BCUT2D eigenvalue weighted by Crippen LogP contribution is -2.40. The van der Waals surface area contributed by atoms with Crippen LogP contribution >= 0.6 is 0 Å². The van der Waals surface area contributed by atoms with Gasteiger partial charge in [-0.3, -0.25) is 14.4 Å². The van der Waals surface area contributed by atoms with Crippen molar-refractivity contribution >= 4 is 17.6 Å². The molecule has 0 saturated heterocycles. The molecular formula is C18H23N3O3. The average Bonchev–Trinajstić information content (AvgIpc) is 2.45. The number of amides is 2. The van der Waals surface area contributed by atoms with Crippen LogP contribution in [0.1, 0.15) is 55.3 Å². The number of hydrogen-bond acceptors (Lipinski definition) is 4. The van der Waals surface area contributed by atoms with E-state index in [1.807, 2.05) is 20.8 Å². The van der Waals surface area contributed by atoms with Crippen LogP contribution in [0.4, 0.5) is 0 Å². The first-order chi connectivity index (χ1) is 11.0. The Bertz CT molecular complexity index is 664. The molecule has 1 rings (SSSR count). The molecule has 0 aromatic heterocycles. The first-order valence-corrected chi connectivity index (χ1v) is 7.72. The molecule has 6 nitrogen and oxygen atoms in total. The van der Waals surface area contributed by atoms with E-state index >= 15 is 0 Å². The zero-order valence-corrected chi connectivity index (χ0v) is 14.6. The topological polar surface area (TPSA) is 99.1 Å². The fourth-order valence-electron chi connectivity index (χ4n) is 1.97. The summed E-state index contributed by atoms with van der Waals surface area (Å²) in [6, 6.07) is 7.48. The highest BCUT2D eigenvalue weighted by atomic mass is 16.2. The minimum absolute atomic E-state index is 0.162. The Morgan fingerprint density at radius 2 is 1.54 bits per heavy atom. The average molecular weight is 329 g/mol. The molecule has 0 radical (unpaired) electrons. The number of carbonyl (C=O) groups is 3. The second-order valence-corrected chi connectivity index (χ2v) is 6.87. The second-order valence-electron chi connectivity index (χ2n) is 6.87. The lowest BCUT2D eigenvalue weighted by atomic mass is 9.96. The van der Waals surface area contributed by atoms with Gasteiger partial charge in [-0.05, 0) is 46.8 Å². The molecular weight excluding hydrogens is 306 g/mol. The molecule has 0 saturated carbocycles. The minimum Gasteiger partial charge on any atom is -0.352 e. The Kier molecular flexibility index (Phi) is 6.24. The summed E-state index contributed by atoms with van der Waals surface area (Å²) in [5.41, 5.74) is 0.251. The number of benzene rings is 1. The standard InChI is InChI=1S/C18H23N3O3/c1-11(2)20-17(24)14(10-19)15(22)12-6-8-13(9-7-12)16(23)21-18(3,4)5/h6-9,11,14H,1-5H3,(H,20,24)(H,21,23)/t14-/m1/s1. The van der Waals surface area contributed by atoms with Crippen LogP contribution in [-0.4, -0.2) is 29.2 Å². The summed E-state index contributed by atoms with van der Waals surface area (Å²) in [5.74, 6) is -2.86. The van der Waals surface area contributed by atoms with Gasteiger partial charge in [0.2, 0.25) is 5.91 Å². The van der Waals surface area contributed by atoms with Crippen LogP contribution < -0.4 is 10.6 Å². The maximum absolute atomic E-state index is 12.3. The van der Waals surface area contributed by atoms with Crippen LogP contribution in [0.5, 0.6) is 0 Å². The van der Waals surface area contributed by atoms with E-state index in [9.17, 15) is 14.4 Å². The molecule has 0 fully saturated rings. The van der Waals surface area contributed by atoms with Gasteiger partial charge in [0, 0.05) is 22.7 Å². The summed E-state index contributed by atoms with van der Waals surface area (Å²) < 4.78 is 0. The molecule has 6 heteroatoms. The SMILES string of the molecule is CC(C)NC(=O)[C@H](C#N)C(=O)c1ccc(C(=O)NC(C)(C)C)cc1. The van der Waals surface area contributed by atoms with Gasteiger partial charge in [-0.25, -0.2) is 0 Å². The highest BCUT2D eigenvalue weighted by Crippen LogP contribution is 2.12. The van der Waals surface area contributed by atoms with Gasteiger partial charge in [-0.2, -0.15) is 5.26 Å². The summed E-state index contributed by atoms with van der Waals surface area (Å²) in [7, 11) is 0. The van der Waals surface area contributed by atoms with E-state index < -0.39 is 17.6 Å². The molecule has 0 heterocycles. The molecule has 2 amide bonds. The molecule has 2 N–H and O–H groups in total. The molecule has 128 valence electrons. The van der Waals surface area contributed by atoms with Gasteiger partial charge >= 0.3 is 0 Å². The summed E-state index contributed by atoms with van der Waals surface area (Å²) in [6.45, 7) is 9.10. The van der Waals surface area contributed by atoms with Crippen molar-refractivity contribution in [3.63, 3.8) is 0 Å². The Labute approximate surface area is 142 Å². The summed E-state index contributed by atoms with van der Waals surface area (Å²) in [5, 5.41) is 14.5. The van der Waals surface area contributed by atoms with Crippen molar-refractivity contribution in [3.05, 3.63) is 35.4 Å². The van der Waals surface area contributed by atoms with Crippen molar-refractivity contribution < 1.29 is 14.4 Å². The van der Waals surface area contributed by atoms with Gasteiger partial charge in [-0.15, -0.1) is 0 Å². The van der Waals surface area contributed by atoms with Crippen molar-refractivity contribution in [2.75, 3.05) is 0 Å². The third-order valence-electron chi connectivity index (χ3n) is 3.00. The van der Waals surface area contributed by atoms with Gasteiger partial charge in [-0.1, -0.05) is 12.1 Å². The van der Waals surface area contributed by atoms with E-state index in [-0.39, 0.29) is 23.1 Å². The van der Waals surface area contributed by atoms with E-state index in [1.54, 1.807) is 19.9 Å². The normalized spacial score (nSPS) is 12.2. The third kappa shape index (κ3) is 5.51. The molecule has 0 aliphatic heterocycles. The van der Waals surface area contributed by atoms with Crippen LogP contribution in [0.2, 0.25) is 0 Å². The number of carbonyl (C=O) groups excluding carboxylic acids is 3. The van der Waals surface area contributed by atoms with Crippen molar-refractivity contribution in [3.8, 4) is 6.07 Å². The molecule has 0 spiro atoms. The number of rotatable bonds is 5. The van der Waals surface area contributed by atoms with Gasteiger partial charge < -0.3 is 10.6 Å². The maximum atomic E-state index is 12.3. The molecule has 0 unspecified atom stereocenters. The van der Waals surface area contributed by atoms with Gasteiger partial charge in [0.05, 0.1) is 6.07 Å². The monoisotopic (exact) mass is 329 g/mol. The quantitative estimate of drug-likeness (QED) is 0.638. The fourth-order valence-corrected chi connectivity index (χ4v) is 1.97. The molecule has 0 aliphatic rings. The van der Waals surface area contributed by atoms with Crippen molar-refractivity contribution in [1.82, 2.24) is 10.6 Å². The van der Waals surface area contributed by atoms with E-state index in [1.165, 1.54) is 24.3 Å². The second kappa shape index (κ2) is 7.73. The van der Waals surface area contributed by atoms with Crippen LogP contribution in [-0.2, 0) is 4.79 Å². The number of nitrogens with zero attached hydrogens (tertiary/aromatic N) is 1. The predicted octanol–water partition coefficient (Wildman–Crippen LogP) is 2.06. The fraction of sp³-hybridized carbons (Fsp3) is 0.444. The lowest BCUT2D eigenvalue weighted by molar-refractivity contribution is -0.122. The van der Waals surface area contributed by atoms with Gasteiger partial charge in [0.15, 0.2) is 11.7 Å². The molecule has 0 aliphatic carbocycles. The minimum atomic E-state index is -1.40. The molecule has 1 aromatic rings. The van der Waals surface area contributed by atoms with Gasteiger partial charge in [0.1, 0.15) is 0 Å². The summed E-state index contributed by atoms with van der Waals surface area (Å²) in [4.78, 5) is 36.3. The largest absolute Gasteiger partial charge is 0.352 e. The van der Waals surface area contributed by atoms with Crippen molar-refractivity contribution in [2.24, 2.45) is 5.92 Å². The Morgan fingerprint density at radius 3 is 1.96 bits per heavy atom. The van der Waals surface area contributed by atoms with Crippen LogP contribution in [0.25, 0.3) is 0 Å². The van der Waals surface area contributed by atoms with E-state index in [0.717, 1.165) is 0 Å². The number of nitrogens with one attached hydrogen (secondary N) is 2. The molecule has 24 heavy (non-hydrogen) atoms. The lowest BCUT2D eigenvalue weighted by Gasteiger charge is -2.20. The number of ketones is 1. The van der Waals surface area contributed by atoms with Crippen LogP contribution in [0.3, 0.4) is 0 Å². The number of hydrogen-bond donors (Lipinski definition) is 2. The Balaban J connectivity index is 2.92. The molecule has 0 bridgehead atoms. The van der Waals surface area contributed by atoms with Crippen LogP contribution in [0.15, 0.2) is 24.3 Å². The Morgan fingerprint density at radius 1 is 1.04 bits per heavy atom. The summed E-state index contributed by atoms with van der Waals surface area (Å²) >= 11 is 0. The van der Waals surface area contributed by atoms with Crippen molar-refractivity contribution in [2.45, 2.75) is 46.2 Å². The maximum Gasteiger partial charge on any atom is 0.251 e. The predicted molar refractivity (Wildman–Crippen MR) is 90.4 cm³/mol.